The Morgan fingerprint density at radius 3 is 2.12 bits per heavy atom. The summed E-state index contributed by atoms with van der Waals surface area (Å²) in [6.07, 6.45) is 2.14. The van der Waals surface area contributed by atoms with Crippen LogP contribution >= 0.6 is 0 Å². The molecule has 1 aromatic carbocycles. The summed E-state index contributed by atoms with van der Waals surface area (Å²) in [5, 5.41) is 0. The zero-order chi connectivity index (χ0) is 12.5. The number of aromatic nitrogens is 1. The van der Waals surface area contributed by atoms with Crippen molar-refractivity contribution in [1.29, 1.82) is 0 Å². The summed E-state index contributed by atoms with van der Waals surface area (Å²) < 4.78 is 2.20. The third-order valence-corrected chi connectivity index (χ3v) is 3.03. The van der Waals surface area contributed by atoms with Gasteiger partial charge >= 0.3 is 0 Å². The molecule has 0 amide bonds. The van der Waals surface area contributed by atoms with Crippen LogP contribution < -0.4 is 4.57 Å². The Labute approximate surface area is 104 Å². The van der Waals surface area contributed by atoms with Crippen LogP contribution in [0.5, 0.6) is 0 Å². The van der Waals surface area contributed by atoms with Crippen LogP contribution in [-0.2, 0) is 12.5 Å². The Morgan fingerprint density at radius 1 is 0.882 bits per heavy atom. The first-order chi connectivity index (χ1) is 7.98. The summed E-state index contributed by atoms with van der Waals surface area (Å²) in [6.45, 7) is 6.74. The zero-order valence-corrected chi connectivity index (χ0v) is 11.1. The zero-order valence-electron chi connectivity index (χ0n) is 11.1. The van der Waals surface area contributed by atoms with E-state index in [0.717, 1.165) is 0 Å². The molecule has 0 radical (unpaired) electrons. The number of hydrogen-bond acceptors (Lipinski definition) is 0. The van der Waals surface area contributed by atoms with E-state index in [1.54, 1.807) is 0 Å². The van der Waals surface area contributed by atoms with Crippen LogP contribution in [0.4, 0.5) is 0 Å². The predicted octanol–water partition coefficient (Wildman–Crippen LogP) is 3.48. The van der Waals surface area contributed by atoms with E-state index in [9.17, 15) is 0 Å². The van der Waals surface area contributed by atoms with E-state index in [2.05, 4.69) is 81.0 Å². The molecule has 0 aliphatic heterocycles. The Balaban J connectivity index is 2.53. The lowest BCUT2D eigenvalue weighted by Crippen LogP contribution is -2.39. The van der Waals surface area contributed by atoms with E-state index in [4.69, 9.17) is 0 Å². The van der Waals surface area contributed by atoms with E-state index < -0.39 is 0 Å². The van der Waals surface area contributed by atoms with Crippen molar-refractivity contribution in [3.8, 4) is 11.1 Å². The van der Waals surface area contributed by atoms with Crippen LogP contribution in [-0.4, -0.2) is 0 Å². The van der Waals surface area contributed by atoms with Crippen molar-refractivity contribution >= 4 is 0 Å². The fourth-order valence-corrected chi connectivity index (χ4v) is 2.13. The summed E-state index contributed by atoms with van der Waals surface area (Å²) in [5.74, 6) is 0. The monoisotopic (exact) mass is 226 g/mol. The largest absolute Gasteiger partial charge is 0.205 e. The number of nitrogens with zero attached hydrogens (tertiary/aromatic N) is 1. The van der Waals surface area contributed by atoms with Crippen LogP contribution in [0, 0.1) is 0 Å². The Morgan fingerprint density at radius 2 is 1.53 bits per heavy atom. The van der Waals surface area contributed by atoms with Crippen molar-refractivity contribution < 1.29 is 4.57 Å². The molecule has 2 rings (SSSR count). The molecule has 88 valence electrons. The maximum Gasteiger partial charge on any atom is 0.187 e. The average molecular weight is 226 g/mol. The van der Waals surface area contributed by atoms with Gasteiger partial charge in [0.05, 0.1) is 0 Å². The van der Waals surface area contributed by atoms with Gasteiger partial charge in [0.25, 0.3) is 0 Å². The Hall–Kier alpha value is -1.63. The van der Waals surface area contributed by atoms with Crippen molar-refractivity contribution in [2.45, 2.75) is 26.2 Å². The number of benzene rings is 1. The van der Waals surface area contributed by atoms with Gasteiger partial charge in [0, 0.05) is 17.5 Å². The second-order valence-corrected chi connectivity index (χ2v) is 5.53. The molecule has 0 saturated carbocycles. The van der Waals surface area contributed by atoms with Gasteiger partial charge in [-0.05, 0) is 11.1 Å². The summed E-state index contributed by atoms with van der Waals surface area (Å²) in [4.78, 5) is 0. The first kappa shape index (κ1) is 11.8. The smallest absolute Gasteiger partial charge is 0.187 e. The first-order valence-corrected chi connectivity index (χ1v) is 6.04. The SMILES string of the molecule is C[n+]1ccc(-c2ccccc2)cc1C(C)(C)C. The number of aryl methyl sites for hydroxylation is 1. The fourth-order valence-electron chi connectivity index (χ4n) is 2.13. The minimum Gasteiger partial charge on any atom is -0.205 e. The van der Waals surface area contributed by atoms with Crippen molar-refractivity contribution in [2.24, 2.45) is 7.05 Å². The molecule has 1 aromatic heterocycles. The van der Waals surface area contributed by atoms with Crippen LogP contribution in [0.2, 0.25) is 0 Å². The highest BCUT2D eigenvalue weighted by Crippen LogP contribution is 2.24. The standard InChI is InChI=1S/C16H20N/c1-16(2,3)15-12-14(10-11-17(15)4)13-8-6-5-7-9-13/h5-12H,1-4H3/q+1. The van der Waals surface area contributed by atoms with Crippen LogP contribution in [0.1, 0.15) is 26.5 Å². The fraction of sp³-hybridized carbons (Fsp3) is 0.312. The third kappa shape index (κ3) is 2.55. The summed E-state index contributed by atoms with van der Waals surface area (Å²) >= 11 is 0. The lowest BCUT2D eigenvalue weighted by Gasteiger charge is -2.16. The van der Waals surface area contributed by atoms with Crippen LogP contribution in [0.25, 0.3) is 11.1 Å². The second kappa shape index (κ2) is 4.33. The van der Waals surface area contributed by atoms with Gasteiger partial charge in [-0.15, -0.1) is 0 Å². The molecule has 1 nitrogen and oxygen atoms in total. The van der Waals surface area contributed by atoms with Crippen molar-refractivity contribution in [2.75, 3.05) is 0 Å². The van der Waals surface area contributed by atoms with E-state index in [1.807, 2.05) is 0 Å². The van der Waals surface area contributed by atoms with E-state index in [1.165, 1.54) is 16.8 Å². The lowest BCUT2D eigenvalue weighted by molar-refractivity contribution is -0.682. The highest BCUT2D eigenvalue weighted by molar-refractivity contribution is 5.62. The van der Waals surface area contributed by atoms with Crippen molar-refractivity contribution in [3.63, 3.8) is 0 Å². The van der Waals surface area contributed by atoms with Crippen LogP contribution in [0.15, 0.2) is 48.7 Å². The molecule has 0 aliphatic carbocycles. The molecule has 17 heavy (non-hydrogen) atoms. The molecule has 0 saturated heterocycles. The maximum atomic E-state index is 2.29. The molecular formula is C16H20N+. The van der Waals surface area contributed by atoms with Gasteiger partial charge in [-0.1, -0.05) is 51.1 Å². The molecule has 2 aromatic rings. The molecule has 0 aliphatic rings. The first-order valence-electron chi connectivity index (χ1n) is 6.04. The second-order valence-electron chi connectivity index (χ2n) is 5.53. The van der Waals surface area contributed by atoms with Gasteiger partial charge in [0.15, 0.2) is 11.9 Å². The van der Waals surface area contributed by atoms with Gasteiger partial charge < -0.3 is 0 Å². The van der Waals surface area contributed by atoms with Crippen molar-refractivity contribution in [3.05, 3.63) is 54.4 Å². The Kier molecular flexibility index (Phi) is 3.01. The van der Waals surface area contributed by atoms with E-state index >= 15 is 0 Å². The van der Waals surface area contributed by atoms with E-state index in [0.29, 0.717) is 0 Å². The lowest BCUT2D eigenvalue weighted by atomic mass is 9.89. The number of hydrogen-bond donors (Lipinski definition) is 0. The highest BCUT2D eigenvalue weighted by atomic mass is 14.9. The highest BCUT2D eigenvalue weighted by Gasteiger charge is 2.23. The molecular weight excluding hydrogens is 206 g/mol. The van der Waals surface area contributed by atoms with Gasteiger partial charge in [0.1, 0.15) is 7.05 Å². The van der Waals surface area contributed by atoms with E-state index in [-0.39, 0.29) is 5.41 Å². The molecule has 1 heteroatoms. The molecule has 0 N–H and O–H groups in total. The minimum absolute atomic E-state index is 0.166. The topological polar surface area (TPSA) is 3.88 Å². The number of pyridine rings is 1. The van der Waals surface area contributed by atoms with Gasteiger partial charge in [-0.2, -0.15) is 0 Å². The van der Waals surface area contributed by atoms with Crippen molar-refractivity contribution in [1.82, 2.24) is 0 Å². The third-order valence-electron chi connectivity index (χ3n) is 3.03. The van der Waals surface area contributed by atoms with Gasteiger partial charge in [-0.3, -0.25) is 0 Å². The average Bonchev–Trinajstić information content (AvgIpc) is 2.29. The normalized spacial score (nSPS) is 11.5. The molecule has 0 bridgehead atoms. The Bertz CT molecular complexity index is 507. The minimum atomic E-state index is 0.166. The number of rotatable bonds is 1. The molecule has 0 atom stereocenters. The maximum absolute atomic E-state index is 2.29. The van der Waals surface area contributed by atoms with Gasteiger partial charge in [0.2, 0.25) is 0 Å². The molecule has 0 spiro atoms. The molecule has 0 unspecified atom stereocenters. The summed E-state index contributed by atoms with van der Waals surface area (Å²) in [7, 11) is 2.11. The predicted molar refractivity (Wildman–Crippen MR) is 71.8 cm³/mol. The molecule has 1 heterocycles. The molecule has 0 fully saturated rings. The van der Waals surface area contributed by atoms with Crippen LogP contribution in [0.3, 0.4) is 0 Å². The summed E-state index contributed by atoms with van der Waals surface area (Å²) in [6, 6.07) is 15.0. The van der Waals surface area contributed by atoms with Gasteiger partial charge in [-0.25, -0.2) is 4.57 Å². The summed E-state index contributed by atoms with van der Waals surface area (Å²) in [5.41, 5.74) is 4.07. The quantitative estimate of drug-likeness (QED) is 0.655.